The number of alkyl halides is 1. The number of hydrogen-bond acceptors (Lipinski definition) is 3. The molecule has 0 saturated heterocycles. The molecule has 0 radical (unpaired) electrons. The molecule has 0 unspecified atom stereocenters. The summed E-state index contributed by atoms with van der Waals surface area (Å²) in [6, 6.07) is 1.97. The molecule has 14 heavy (non-hydrogen) atoms. The van der Waals surface area contributed by atoms with Gasteiger partial charge in [0.25, 0.3) is 0 Å². The van der Waals surface area contributed by atoms with Crippen LogP contribution >= 0.6 is 39.1 Å². The van der Waals surface area contributed by atoms with Crippen molar-refractivity contribution in [3.05, 3.63) is 16.5 Å². The van der Waals surface area contributed by atoms with Crippen LogP contribution in [-0.4, -0.2) is 21.3 Å². The normalized spacial score (nSPS) is 12.6. The summed E-state index contributed by atoms with van der Waals surface area (Å²) in [6.07, 6.45) is 0.999. The van der Waals surface area contributed by atoms with E-state index in [1.54, 1.807) is 6.07 Å². The van der Waals surface area contributed by atoms with Crippen LogP contribution in [0.3, 0.4) is 0 Å². The molecule has 0 aliphatic heterocycles. The highest BCUT2D eigenvalue weighted by molar-refractivity contribution is 9.09. The summed E-state index contributed by atoms with van der Waals surface area (Å²) in [5, 5.41) is 4.62. The fourth-order valence-corrected chi connectivity index (χ4v) is 2.05. The molecule has 0 aliphatic carbocycles. The molecular formula is C8H10BrCl2N3. The minimum absolute atomic E-state index is 0.158. The van der Waals surface area contributed by atoms with Crippen LogP contribution < -0.4 is 5.32 Å². The molecule has 1 heterocycles. The van der Waals surface area contributed by atoms with E-state index in [9.17, 15) is 0 Å². The first-order valence-electron chi connectivity index (χ1n) is 4.14. The van der Waals surface area contributed by atoms with E-state index in [1.165, 1.54) is 0 Å². The van der Waals surface area contributed by atoms with E-state index in [1.807, 2.05) is 0 Å². The topological polar surface area (TPSA) is 37.8 Å². The number of nitrogens with zero attached hydrogens (tertiary/aromatic N) is 2. The highest BCUT2D eigenvalue weighted by Crippen LogP contribution is 2.15. The summed E-state index contributed by atoms with van der Waals surface area (Å²) in [6.45, 7) is 2.06. The van der Waals surface area contributed by atoms with Crippen molar-refractivity contribution in [3.63, 3.8) is 0 Å². The number of aromatic nitrogens is 2. The van der Waals surface area contributed by atoms with Gasteiger partial charge in [0.05, 0.1) is 0 Å². The minimum Gasteiger partial charge on any atom is -0.367 e. The third-order valence-corrected chi connectivity index (χ3v) is 2.42. The Morgan fingerprint density at radius 1 is 1.50 bits per heavy atom. The van der Waals surface area contributed by atoms with Gasteiger partial charge in [-0.2, -0.15) is 0 Å². The van der Waals surface area contributed by atoms with Gasteiger partial charge in [0.15, 0.2) is 0 Å². The van der Waals surface area contributed by atoms with Gasteiger partial charge in [-0.15, -0.1) is 0 Å². The standard InChI is InChI=1S/C8H10BrCl2N3/c1-5(2-3-9)12-7-4-6(10)13-8(11)14-7/h4-5H,2-3H2,1H3,(H,12,13,14)/t5-/m0/s1. The largest absolute Gasteiger partial charge is 0.367 e. The smallest absolute Gasteiger partial charge is 0.225 e. The van der Waals surface area contributed by atoms with E-state index in [0.717, 1.165) is 11.8 Å². The zero-order valence-corrected chi connectivity index (χ0v) is 10.7. The Balaban J connectivity index is 2.66. The third kappa shape index (κ3) is 3.98. The lowest BCUT2D eigenvalue weighted by molar-refractivity contribution is 0.769. The first-order valence-corrected chi connectivity index (χ1v) is 6.02. The lowest BCUT2D eigenvalue weighted by Crippen LogP contribution is -2.16. The second kappa shape index (κ2) is 5.73. The van der Waals surface area contributed by atoms with Gasteiger partial charge in [-0.1, -0.05) is 27.5 Å². The Morgan fingerprint density at radius 2 is 2.21 bits per heavy atom. The van der Waals surface area contributed by atoms with E-state index in [4.69, 9.17) is 23.2 Å². The van der Waals surface area contributed by atoms with Crippen LogP contribution in [0.25, 0.3) is 0 Å². The van der Waals surface area contributed by atoms with Crippen molar-refractivity contribution < 1.29 is 0 Å². The Morgan fingerprint density at radius 3 is 2.79 bits per heavy atom. The van der Waals surface area contributed by atoms with Crippen molar-refractivity contribution in [2.45, 2.75) is 19.4 Å². The van der Waals surface area contributed by atoms with Gasteiger partial charge in [0.2, 0.25) is 5.28 Å². The molecule has 1 aromatic heterocycles. The summed E-state index contributed by atoms with van der Waals surface area (Å²) in [5.41, 5.74) is 0. The van der Waals surface area contributed by atoms with E-state index in [-0.39, 0.29) is 5.28 Å². The molecule has 0 aliphatic rings. The molecule has 0 saturated carbocycles. The molecule has 1 rings (SSSR count). The first-order chi connectivity index (χ1) is 6.61. The molecule has 0 fully saturated rings. The van der Waals surface area contributed by atoms with E-state index in [0.29, 0.717) is 17.0 Å². The molecular weight excluding hydrogens is 289 g/mol. The van der Waals surface area contributed by atoms with Crippen LogP contribution in [0.1, 0.15) is 13.3 Å². The summed E-state index contributed by atoms with van der Waals surface area (Å²) in [4.78, 5) is 7.76. The van der Waals surface area contributed by atoms with Gasteiger partial charge in [0, 0.05) is 17.4 Å². The molecule has 78 valence electrons. The lowest BCUT2D eigenvalue weighted by Gasteiger charge is -2.12. The molecule has 3 nitrogen and oxygen atoms in total. The minimum atomic E-state index is 0.158. The van der Waals surface area contributed by atoms with E-state index < -0.39 is 0 Å². The molecule has 1 atom stereocenters. The van der Waals surface area contributed by atoms with Gasteiger partial charge >= 0.3 is 0 Å². The number of rotatable bonds is 4. The molecule has 0 aromatic carbocycles. The fourth-order valence-electron chi connectivity index (χ4n) is 0.952. The Bertz CT molecular complexity index is 288. The van der Waals surface area contributed by atoms with E-state index in [2.05, 4.69) is 38.1 Å². The number of halogens is 3. The van der Waals surface area contributed by atoms with Crippen molar-refractivity contribution in [2.75, 3.05) is 10.6 Å². The number of hydrogen-bond donors (Lipinski definition) is 1. The van der Waals surface area contributed by atoms with Crippen molar-refractivity contribution in [1.29, 1.82) is 0 Å². The summed E-state index contributed by atoms with van der Waals surface area (Å²) in [5.74, 6) is 0.656. The zero-order chi connectivity index (χ0) is 10.6. The van der Waals surface area contributed by atoms with Crippen molar-refractivity contribution in [2.24, 2.45) is 0 Å². The zero-order valence-electron chi connectivity index (χ0n) is 7.60. The molecule has 0 bridgehead atoms. The predicted molar refractivity (Wildman–Crippen MR) is 63.5 cm³/mol. The lowest BCUT2D eigenvalue weighted by atomic mass is 10.2. The predicted octanol–water partition coefficient (Wildman–Crippen LogP) is 3.37. The molecule has 6 heteroatoms. The second-order valence-corrected chi connectivity index (χ2v) is 4.39. The van der Waals surface area contributed by atoms with Crippen LogP contribution in [-0.2, 0) is 0 Å². The molecule has 0 spiro atoms. The van der Waals surface area contributed by atoms with Crippen LogP contribution in [0.4, 0.5) is 5.82 Å². The van der Waals surface area contributed by atoms with Crippen molar-refractivity contribution >= 4 is 44.9 Å². The quantitative estimate of drug-likeness (QED) is 0.526. The highest BCUT2D eigenvalue weighted by atomic mass is 79.9. The van der Waals surface area contributed by atoms with Gasteiger partial charge in [-0.25, -0.2) is 9.97 Å². The average Bonchev–Trinajstić information content (AvgIpc) is 2.01. The fraction of sp³-hybridized carbons (Fsp3) is 0.500. The van der Waals surface area contributed by atoms with Crippen molar-refractivity contribution in [1.82, 2.24) is 9.97 Å². The Kier molecular flexibility index (Phi) is 4.92. The number of anilines is 1. The van der Waals surface area contributed by atoms with Crippen LogP contribution in [0.2, 0.25) is 10.4 Å². The van der Waals surface area contributed by atoms with Crippen LogP contribution in [0, 0.1) is 0 Å². The van der Waals surface area contributed by atoms with Crippen LogP contribution in [0.5, 0.6) is 0 Å². The van der Waals surface area contributed by atoms with Gasteiger partial charge in [-0.3, -0.25) is 0 Å². The average molecular weight is 299 g/mol. The van der Waals surface area contributed by atoms with Crippen molar-refractivity contribution in [3.8, 4) is 0 Å². The molecule has 1 N–H and O–H groups in total. The second-order valence-electron chi connectivity index (χ2n) is 2.87. The summed E-state index contributed by atoms with van der Waals surface area (Å²) < 4.78 is 0. The SMILES string of the molecule is C[C@@H](CCBr)Nc1cc(Cl)nc(Cl)n1. The monoisotopic (exact) mass is 297 g/mol. The van der Waals surface area contributed by atoms with Crippen LogP contribution in [0.15, 0.2) is 6.07 Å². The van der Waals surface area contributed by atoms with Gasteiger partial charge < -0.3 is 5.32 Å². The maximum absolute atomic E-state index is 5.73. The maximum Gasteiger partial charge on any atom is 0.225 e. The molecule has 1 aromatic rings. The number of nitrogens with one attached hydrogen (secondary N) is 1. The first kappa shape index (κ1) is 12.0. The summed E-state index contributed by atoms with van der Waals surface area (Å²) in [7, 11) is 0. The molecule has 0 amide bonds. The third-order valence-electron chi connectivity index (χ3n) is 1.60. The summed E-state index contributed by atoms with van der Waals surface area (Å²) >= 11 is 14.7. The maximum atomic E-state index is 5.73. The Labute approximate surface area is 101 Å². The van der Waals surface area contributed by atoms with Gasteiger partial charge in [0.1, 0.15) is 11.0 Å². The van der Waals surface area contributed by atoms with Gasteiger partial charge in [-0.05, 0) is 24.9 Å². The van der Waals surface area contributed by atoms with E-state index >= 15 is 0 Å². The Hall–Kier alpha value is -0.0600. The highest BCUT2D eigenvalue weighted by Gasteiger charge is 2.04.